The first-order valence-corrected chi connectivity index (χ1v) is 11.9. The number of amides is 3. The van der Waals surface area contributed by atoms with Gasteiger partial charge in [0.1, 0.15) is 12.3 Å². The van der Waals surface area contributed by atoms with Crippen molar-refractivity contribution >= 4 is 33.9 Å². The minimum absolute atomic E-state index is 0.205. The van der Waals surface area contributed by atoms with E-state index < -0.39 is 6.03 Å². The van der Waals surface area contributed by atoms with Crippen LogP contribution in [0.4, 0.5) is 4.79 Å². The Kier molecular flexibility index (Phi) is 7.67. The third-order valence-corrected chi connectivity index (χ3v) is 6.02. The SMILES string of the molecule is C=CCc1cc(/C=C2\NC(=O)N(Cc3ccccc3)C2=O)cc(OC)c1OCc1ccc(Br)cc1. The minimum atomic E-state index is -0.446. The van der Waals surface area contributed by atoms with Crippen LogP contribution in [0.2, 0.25) is 0 Å². The lowest BCUT2D eigenvalue weighted by Gasteiger charge is -2.16. The second-order valence-electron chi connectivity index (χ2n) is 7.98. The number of nitrogens with zero attached hydrogens (tertiary/aromatic N) is 1. The topological polar surface area (TPSA) is 67.9 Å². The molecule has 0 saturated carbocycles. The fourth-order valence-electron chi connectivity index (χ4n) is 3.77. The number of benzene rings is 3. The third-order valence-electron chi connectivity index (χ3n) is 5.49. The van der Waals surface area contributed by atoms with E-state index in [4.69, 9.17) is 9.47 Å². The average Bonchev–Trinajstić information content (AvgIpc) is 3.12. The Morgan fingerprint density at radius 1 is 1.03 bits per heavy atom. The van der Waals surface area contributed by atoms with Gasteiger partial charge in [0.05, 0.1) is 13.7 Å². The molecule has 3 amide bonds. The zero-order chi connectivity index (χ0) is 24.8. The lowest BCUT2D eigenvalue weighted by molar-refractivity contribution is -0.123. The first kappa shape index (κ1) is 24.3. The van der Waals surface area contributed by atoms with Crippen molar-refractivity contribution in [2.45, 2.75) is 19.6 Å². The molecule has 0 bridgehead atoms. The van der Waals surface area contributed by atoms with Gasteiger partial charge in [-0.1, -0.05) is 64.5 Å². The van der Waals surface area contributed by atoms with Crippen molar-refractivity contribution in [3.63, 3.8) is 0 Å². The summed E-state index contributed by atoms with van der Waals surface area (Å²) in [5.74, 6) is 0.773. The number of rotatable bonds is 9. The molecule has 0 atom stereocenters. The molecule has 0 aromatic heterocycles. The molecule has 4 rings (SSSR count). The Balaban J connectivity index is 1.59. The summed E-state index contributed by atoms with van der Waals surface area (Å²) >= 11 is 3.44. The van der Waals surface area contributed by atoms with Crippen molar-refractivity contribution in [1.82, 2.24) is 10.2 Å². The summed E-state index contributed by atoms with van der Waals surface area (Å²) in [5.41, 5.74) is 3.67. The van der Waals surface area contributed by atoms with E-state index in [0.717, 1.165) is 21.2 Å². The van der Waals surface area contributed by atoms with Gasteiger partial charge in [-0.15, -0.1) is 6.58 Å². The van der Waals surface area contributed by atoms with Gasteiger partial charge in [-0.25, -0.2) is 4.79 Å². The highest BCUT2D eigenvalue weighted by Crippen LogP contribution is 2.35. The maximum Gasteiger partial charge on any atom is 0.329 e. The molecule has 1 saturated heterocycles. The van der Waals surface area contributed by atoms with Gasteiger partial charge in [0.2, 0.25) is 0 Å². The van der Waals surface area contributed by atoms with Crippen molar-refractivity contribution < 1.29 is 19.1 Å². The van der Waals surface area contributed by atoms with Crippen LogP contribution in [0.3, 0.4) is 0 Å². The molecule has 0 unspecified atom stereocenters. The molecule has 7 heteroatoms. The Hall–Kier alpha value is -3.84. The lowest BCUT2D eigenvalue weighted by Crippen LogP contribution is -2.30. The van der Waals surface area contributed by atoms with E-state index in [1.54, 1.807) is 25.3 Å². The second kappa shape index (κ2) is 11.1. The van der Waals surface area contributed by atoms with Gasteiger partial charge in [0.25, 0.3) is 5.91 Å². The van der Waals surface area contributed by atoms with E-state index >= 15 is 0 Å². The lowest BCUT2D eigenvalue weighted by atomic mass is 10.0. The van der Waals surface area contributed by atoms with Crippen molar-refractivity contribution in [3.8, 4) is 11.5 Å². The van der Waals surface area contributed by atoms with Gasteiger partial charge < -0.3 is 14.8 Å². The summed E-state index contributed by atoms with van der Waals surface area (Å²) in [6, 6.07) is 20.5. The number of carbonyl (C=O) groups is 2. The van der Waals surface area contributed by atoms with Crippen LogP contribution in [0.1, 0.15) is 22.3 Å². The van der Waals surface area contributed by atoms with E-state index in [2.05, 4.69) is 27.8 Å². The van der Waals surface area contributed by atoms with Crippen LogP contribution >= 0.6 is 15.9 Å². The number of methoxy groups -OCH3 is 1. The van der Waals surface area contributed by atoms with Crippen molar-refractivity contribution in [1.29, 1.82) is 0 Å². The van der Waals surface area contributed by atoms with Gasteiger partial charge >= 0.3 is 6.03 Å². The number of allylic oxidation sites excluding steroid dienone is 1. The maximum atomic E-state index is 12.9. The third kappa shape index (κ3) is 5.81. The average molecular weight is 533 g/mol. The van der Waals surface area contributed by atoms with Gasteiger partial charge in [-0.2, -0.15) is 0 Å². The summed E-state index contributed by atoms with van der Waals surface area (Å²) < 4.78 is 12.7. The molecular formula is C28H25BrN2O4. The van der Waals surface area contributed by atoms with Gasteiger partial charge in [0.15, 0.2) is 11.5 Å². The number of imide groups is 1. The standard InChI is InChI=1S/C28H25BrN2O4/c1-3-7-22-14-21(16-25(34-2)26(22)35-18-20-10-12-23(29)13-11-20)15-24-27(32)31(28(33)30-24)17-19-8-5-4-6-9-19/h3-6,8-16H,1,7,17-18H2,2H3,(H,30,33)/b24-15-. The molecule has 1 aliphatic heterocycles. The largest absolute Gasteiger partial charge is 0.493 e. The highest BCUT2D eigenvalue weighted by atomic mass is 79.9. The second-order valence-corrected chi connectivity index (χ2v) is 8.90. The molecule has 1 fully saturated rings. The number of nitrogens with one attached hydrogen (secondary N) is 1. The Morgan fingerprint density at radius 2 is 1.77 bits per heavy atom. The van der Waals surface area contributed by atoms with E-state index in [9.17, 15) is 9.59 Å². The molecule has 6 nitrogen and oxygen atoms in total. The number of halogens is 1. The molecule has 35 heavy (non-hydrogen) atoms. The fourth-order valence-corrected chi connectivity index (χ4v) is 4.04. The van der Waals surface area contributed by atoms with Crippen LogP contribution < -0.4 is 14.8 Å². The van der Waals surface area contributed by atoms with Crippen LogP contribution in [0.15, 0.2) is 89.6 Å². The predicted octanol–water partition coefficient (Wildman–Crippen LogP) is 5.86. The highest BCUT2D eigenvalue weighted by molar-refractivity contribution is 9.10. The molecule has 0 aliphatic carbocycles. The zero-order valence-electron chi connectivity index (χ0n) is 19.3. The van der Waals surface area contributed by atoms with E-state index in [1.165, 1.54) is 4.90 Å². The van der Waals surface area contributed by atoms with Crippen molar-refractivity contribution in [3.05, 3.63) is 112 Å². The van der Waals surface area contributed by atoms with Gasteiger partial charge in [0, 0.05) is 10.0 Å². The summed E-state index contributed by atoms with van der Waals surface area (Å²) in [6.45, 7) is 4.43. The van der Waals surface area contributed by atoms with Gasteiger partial charge in [-0.3, -0.25) is 9.69 Å². The first-order chi connectivity index (χ1) is 17.0. The Morgan fingerprint density at radius 3 is 2.46 bits per heavy atom. The summed E-state index contributed by atoms with van der Waals surface area (Å²) in [4.78, 5) is 26.6. The first-order valence-electron chi connectivity index (χ1n) is 11.1. The monoisotopic (exact) mass is 532 g/mol. The molecule has 3 aromatic rings. The minimum Gasteiger partial charge on any atom is -0.493 e. The molecule has 178 valence electrons. The quantitative estimate of drug-likeness (QED) is 0.213. The van der Waals surface area contributed by atoms with Crippen LogP contribution in [-0.4, -0.2) is 23.9 Å². The highest BCUT2D eigenvalue weighted by Gasteiger charge is 2.33. The molecule has 0 radical (unpaired) electrons. The summed E-state index contributed by atoms with van der Waals surface area (Å²) in [5, 5.41) is 2.68. The Labute approximate surface area is 213 Å². The van der Waals surface area contributed by atoms with E-state index in [-0.39, 0.29) is 18.1 Å². The van der Waals surface area contributed by atoms with Crippen molar-refractivity contribution in [2.75, 3.05) is 7.11 Å². The van der Waals surface area contributed by atoms with Crippen LogP contribution in [0.25, 0.3) is 6.08 Å². The smallest absolute Gasteiger partial charge is 0.329 e. The number of carbonyl (C=O) groups excluding carboxylic acids is 2. The maximum absolute atomic E-state index is 12.9. The number of ether oxygens (including phenoxy) is 2. The number of urea groups is 1. The Bertz CT molecular complexity index is 1270. The van der Waals surface area contributed by atoms with Crippen molar-refractivity contribution in [2.24, 2.45) is 0 Å². The molecule has 1 aliphatic rings. The van der Waals surface area contributed by atoms with Crippen LogP contribution in [0.5, 0.6) is 11.5 Å². The predicted molar refractivity (Wildman–Crippen MR) is 139 cm³/mol. The summed E-state index contributed by atoms with van der Waals surface area (Å²) in [7, 11) is 1.57. The molecule has 3 aromatic carbocycles. The van der Waals surface area contributed by atoms with E-state index in [0.29, 0.717) is 30.1 Å². The summed E-state index contributed by atoms with van der Waals surface area (Å²) in [6.07, 6.45) is 3.98. The van der Waals surface area contributed by atoms with Gasteiger partial charge in [-0.05, 0) is 53.5 Å². The molecular weight excluding hydrogens is 508 g/mol. The number of hydrogen-bond donors (Lipinski definition) is 1. The zero-order valence-corrected chi connectivity index (χ0v) is 20.9. The van der Waals surface area contributed by atoms with Crippen LogP contribution in [0, 0.1) is 0 Å². The fraction of sp³-hybridized carbons (Fsp3) is 0.143. The van der Waals surface area contributed by atoms with Crippen LogP contribution in [-0.2, 0) is 24.4 Å². The normalized spacial score (nSPS) is 14.2. The molecule has 1 N–H and O–H groups in total. The molecule has 1 heterocycles. The molecule has 0 spiro atoms. The number of hydrogen-bond acceptors (Lipinski definition) is 4. The van der Waals surface area contributed by atoms with E-state index in [1.807, 2.05) is 60.7 Å².